The summed E-state index contributed by atoms with van der Waals surface area (Å²) >= 11 is 9.37. The van der Waals surface area contributed by atoms with E-state index in [4.69, 9.17) is 21.9 Å². The molecule has 1 unspecified atom stereocenters. The first-order valence-corrected chi connectivity index (χ1v) is 6.32. The van der Waals surface area contributed by atoms with E-state index < -0.39 is 6.04 Å². The quantitative estimate of drug-likeness (QED) is 0.945. The van der Waals surface area contributed by atoms with Crippen LogP contribution < -0.4 is 5.73 Å². The molecule has 2 rings (SSSR count). The second kappa shape index (κ2) is 5.16. The minimum Gasteiger partial charge on any atom is -0.339 e. The van der Waals surface area contributed by atoms with Gasteiger partial charge in [-0.3, -0.25) is 0 Å². The van der Waals surface area contributed by atoms with E-state index in [2.05, 4.69) is 26.1 Å². The summed E-state index contributed by atoms with van der Waals surface area (Å²) < 4.78 is 5.91. The Hall–Kier alpha value is -0.910. The van der Waals surface area contributed by atoms with E-state index in [-0.39, 0.29) is 0 Å². The summed E-state index contributed by atoms with van der Waals surface area (Å²) in [4.78, 5) is 4.21. The molecule has 0 aliphatic heterocycles. The molecule has 2 aromatic rings. The van der Waals surface area contributed by atoms with Crippen molar-refractivity contribution in [2.75, 3.05) is 0 Å². The summed E-state index contributed by atoms with van der Waals surface area (Å²) in [5.74, 6) is 1.04. The predicted molar refractivity (Wildman–Crippen MR) is 68.9 cm³/mol. The molecule has 0 bridgehead atoms. The number of nitrogens with two attached hydrogens (primary N) is 1. The van der Waals surface area contributed by atoms with Crippen molar-refractivity contribution < 1.29 is 4.52 Å². The SMILES string of the molecule is CCc1nc(C(N)c2cc(Cl)ccc2Br)no1. The van der Waals surface area contributed by atoms with Gasteiger partial charge in [-0.2, -0.15) is 4.98 Å². The lowest BCUT2D eigenvalue weighted by molar-refractivity contribution is 0.375. The fourth-order valence-corrected chi connectivity index (χ4v) is 2.10. The number of hydrogen-bond acceptors (Lipinski definition) is 4. The Morgan fingerprint density at radius 2 is 2.29 bits per heavy atom. The van der Waals surface area contributed by atoms with Crippen LogP contribution in [0.4, 0.5) is 0 Å². The minimum atomic E-state index is -0.452. The Morgan fingerprint density at radius 1 is 1.53 bits per heavy atom. The third-order valence-electron chi connectivity index (χ3n) is 2.36. The number of nitrogens with zero attached hydrogens (tertiary/aromatic N) is 2. The topological polar surface area (TPSA) is 64.9 Å². The molecule has 0 saturated carbocycles. The van der Waals surface area contributed by atoms with Crippen LogP contribution in [0.5, 0.6) is 0 Å². The van der Waals surface area contributed by atoms with Gasteiger partial charge in [-0.05, 0) is 23.8 Å². The van der Waals surface area contributed by atoms with Gasteiger partial charge in [0.1, 0.15) is 0 Å². The Balaban J connectivity index is 2.35. The smallest absolute Gasteiger partial charge is 0.226 e. The molecule has 1 aromatic carbocycles. The molecule has 1 aromatic heterocycles. The third kappa shape index (κ3) is 2.68. The molecule has 4 nitrogen and oxygen atoms in total. The van der Waals surface area contributed by atoms with Gasteiger partial charge in [0.2, 0.25) is 5.89 Å². The maximum Gasteiger partial charge on any atom is 0.226 e. The fourth-order valence-electron chi connectivity index (χ4n) is 1.43. The highest BCUT2D eigenvalue weighted by molar-refractivity contribution is 9.10. The zero-order chi connectivity index (χ0) is 12.4. The van der Waals surface area contributed by atoms with Gasteiger partial charge in [-0.25, -0.2) is 0 Å². The van der Waals surface area contributed by atoms with E-state index in [1.807, 2.05) is 13.0 Å². The third-order valence-corrected chi connectivity index (χ3v) is 3.31. The van der Waals surface area contributed by atoms with Crippen LogP contribution in [0.2, 0.25) is 5.02 Å². The monoisotopic (exact) mass is 315 g/mol. The molecule has 0 fully saturated rings. The Labute approximate surface area is 112 Å². The van der Waals surface area contributed by atoms with Crippen LogP contribution in [-0.2, 0) is 6.42 Å². The van der Waals surface area contributed by atoms with Crippen LogP contribution in [0.3, 0.4) is 0 Å². The summed E-state index contributed by atoms with van der Waals surface area (Å²) in [6, 6.07) is 4.97. The molecule has 0 radical (unpaired) electrons. The van der Waals surface area contributed by atoms with Gasteiger partial charge in [0, 0.05) is 15.9 Å². The molecule has 1 atom stereocenters. The highest BCUT2D eigenvalue weighted by atomic mass is 79.9. The largest absolute Gasteiger partial charge is 0.339 e. The van der Waals surface area contributed by atoms with Gasteiger partial charge in [-0.1, -0.05) is 39.6 Å². The molecule has 17 heavy (non-hydrogen) atoms. The van der Waals surface area contributed by atoms with Crippen LogP contribution in [-0.4, -0.2) is 10.1 Å². The van der Waals surface area contributed by atoms with E-state index in [0.717, 1.165) is 10.0 Å². The molecule has 0 aliphatic rings. The molecule has 0 aliphatic carbocycles. The fraction of sp³-hybridized carbons (Fsp3) is 0.273. The minimum absolute atomic E-state index is 0.452. The van der Waals surface area contributed by atoms with E-state index in [1.54, 1.807) is 12.1 Å². The van der Waals surface area contributed by atoms with E-state index in [1.165, 1.54) is 0 Å². The molecular weight excluding hydrogens is 305 g/mol. The molecule has 0 amide bonds. The standard InChI is InChI=1S/C11H11BrClN3O/c1-2-9-15-11(16-17-9)10(14)7-5-6(13)3-4-8(7)12/h3-5,10H,2,14H2,1H3. The number of halogens is 2. The maximum absolute atomic E-state index is 6.08. The number of aromatic nitrogens is 2. The van der Waals surface area contributed by atoms with E-state index in [0.29, 0.717) is 23.2 Å². The molecule has 90 valence electrons. The average molecular weight is 317 g/mol. The first-order chi connectivity index (χ1) is 8.11. The maximum atomic E-state index is 6.08. The Morgan fingerprint density at radius 3 is 2.94 bits per heavy atom. The summed E-state index contributed by atoms with van der Waals surface area (Å²) in [7, 11) is 0. The average Bonchev–Trinajstić information content (AvgIpc) is 2.80. The van der Waals surface area contributed by atoms with Crippen molar-refractivity contribution in [2.24, 2.45) is 5.73 Å². The molecule has 2 N–H and O–H groups in total. The van der Waals surface area contributed by atoms with Crippen LogP contribution in [0, 0.1) is 0 Å². The first kappa shape index (κ1) is 12.5. The lowest BCUT2D eigenvalue weighted by Crippen LogP contribution is -2.14. The second-order valence-corrected chi connectivity index (χ2v) is 4.83. The van der Waals surface area contributed by atoms with Gasteiger partial charge < -0.3 is 10.3 Å². The van der Waals surface area contributed by atoms with E-state index >= 15 is 0 Å². The molecule has 1 heterocycles. The zero-order valence-corrected chi connectivity index (χ0v) is 11.5. The second-order valence-electron chi connectivity index (χ2n) is 3.54. The van der Waals surface area contributed by atoms with Crippen molar-refractivity contribution in [3.05, 3.63) is 45.0 Å². The van der Waals surface area contributed by atoms with Gasteiger partial charge >= 0.3 is 0 Å². The lowest BCUT2D eigenvalue weighted by atomic mass is 10.1. The van der Waals surface area contributed by atoms with Crippen molar-refractivity contribution in [3.63, 3.8) is 0 Å². The zero-order valence-electron chi connectivity index (χ0n) is 9.15. The van der Waals surface area contributed by atoms with Crippen LogP contribution in [0.25, 0.3) is 0 Å². The van der Waals surface area contributed by atoms with E-state index in [9.17, 15) is 0 Å². The van der Waals surface area contributed by atoms with Crippen molar-refractivity contribution >= 4 is 27.5 Å². The highest BCUT2D eigenvalue weighted by Gasteiger charge is 2.18. The number of hydrogen-bond donors (Lipinski definition) is 1. The number of rotatable bonds is 3. The summed E-state index contributed by atoms with van der Waals surface area (Å²) in [5.41, 5.74) is 6.91. The summed E-state index contributed by atoms with van der Waals surface area (Å²) in [6.45, 7) is 1.94. The number of aryl methyl sites for hydroxylation is 1. The molecule has 0 saturated heterocycles. The Bertz CT molecular complexity index is 529. The molecular formula is C11H11BrClN3O. The van der Waals surface area contributed by atoms with Gasteiger partial charge in [0.05, 0.1) is 6.04 Å². The lowest BCUT2D eigenvalue weighted by Gasteiger charge is -2.10. The van der Waals surface area contributed by atoms with Crippen molar-refractivity contribution in [1.29, 1.82) is 0 Å². The van der Waals surface area contributed by atoms with Gasteiger partial charge in [-0.15, -0.1) is 0 Å². The number of benzene rings is 1. The Kier molecular flexibility index (Phi) is 3.81. The van der Waals surface area contributed by atoms with Gasteiger partial charge in [0.25, 0.3) is 0 Å². The van der Waals surface area contributed by atoms with Crippen molar-refractivity contribution in [2.45, 2.75) is 19.4 Å². The van der Waals surface area contributed by atoms with Crippen LogP contribution in [0.15, 0.2) is 27.2 Å². The normalized spacial score (nSPS) is 12.7. The summed E-state index contributed by atoms with van der Waals surface area (Å²) in [5, 5.41) is 4.48. The van der Waals surface area contributed by atoms with Crippen molar-refractivity contribution in [1.82, 2.24) is 10.1 Å². The molecule has 0 spiro atoms. The van der Waals surface area contributed by atoms with Crippen LogP contribution in [0.1, 0.15) is 30.2 Å². The van der Waals surface area contributed by atoms with Crippen LogP contribution >= 0.6 is 27.5 Å². The van der Waals surface area contributed by atoms with Gasteiger partial charge in [0.15, 0.2) is 5.82 Å². The first-order valence-electron chi connectivity index (χ1n) is 5.14. The molecule has 6 heteroatoms. The highest BCUT2D eigenvalue weighted by Crippen LogP contribution is 2.28. The van der Waals surface area contributed by atoms with Crippen molar-refractivity contribution in [3.8, 4) is 0 Å². The predicted octanol–water partition coefficient (Wildman–Crippen LogP) is 3.10. The summed E-state index contributed by atoms with van der Waals surface area (Å²) in [6.07, 6.45) is 0.691.